The third-order valence-corrected chi connectivity index (χ3v) is 5.16. The highest BCUT2D eigenvalue weighted by molar-refractivity contribution is 9.10. The normalized spacial score (nSPS) is 16.6. The maximum atomic E-state index is 10.9. The van der Waals surface area contributed by atoms with Gasteiger partial charge >= 0.3 is 0 Å². The van der Waals surface area contributed by atoms with E-state index in [1.807, 2.05) is 6.07 Å². The summed E-state index contributed by atoms with van der Waals surface area (Å²) < 4.78 is 0.717. The van der Waals surface area contributed by atoms with E-state index in [9.17, 15) is 15.5 Å². The van der Waals surface area contributed by atoms with Crippen LogP contribution in [0.4, 0.5) is 5.82 Å². The average molecular weight is 459 g/mol. The van der Waals surface area contributed by atoms with Gasteiger partial charge < -0.3 is 10.2 Å². The maximum Gasteiger partial charge on any atom is 0.170 e. The molecule has 140 valence electrons. The van der Waals surface area contributed by atoms with Crippen LogP contribution in [0.15, 0.2) is 46.6 Å². The number of allylic oxidation sites excluding steroid dienone is 1. The standard InChI is InChI=1S/C19H13BrClN5O2/c1-26-19-17(23-14-7-10(21)3-4-13(14)24-19)12(8-22)18(28)16(25-26)11-6-9(20)2-5-15(11)27/h2-7,16,25,27-28H,1H3. The van der Waals surface area contributed by atoms with Crippen molar-refractivity contribution in [3.8, 4) is 11.8 Å². The number of hydrazine groups is 1. The fourth-order valence-electron chi connectivity index (χ4n) is 3.08. The molecule has 1 aromatic heterocycles. The molecule has 1 aliphatic heterocycles. The molecule has 4 rings (SSSR count). The minimum Gasteiger partial charge on any atom is -0.509 e. The quantitative estimate of drug-likeness (QED) is 0.501. The van der Waals surface area contributed by atoms with E-state index >= 15 is 0 Å². The predicted molar refractivity (Wildman–Crippen MR) is 110 cm³/mol. The van der Waals surface area contributed by atoms with Crippen molar-refractivity contribution in [2.45, 2.75) is 6.04 Å². The van der Waals surface area contributed by atoms with Gasteiger partial charge in [-0.05, 0) is 36.4 Å². The SMILES string of the molecule is CN1NC(c2cc(Br)ccc2O)C(O)=C(C#N)c2nc3cc(Cl)ccc3nc21. The van der Waals surface area contributed by atoms with Crippen molar-refractivity contribution in [2.24, 2.45) is 0 Å². The fourth-order valence-corrected chi connectivity index (χ4v) is 3.63. The number of aliphatic hydroxyl groups excluding tert-OH is 1. The lowest BCUT2D eigenvalue weighted by atomic mass is 10.0. The molecule has 1 aliphatic rings. The van der Waals surface area contributed by atoms with Crippen LogP contribution in [-0.2, 0) is 0 Å². The Morgan fingerprint density at radius 1 is 1.18 bits per heavy atom. The summed E-state index contributed by atoms with van der Waals surface area (Å²) in [5, 5.41) is 33.0. The van der Waals surface area contributed by atoms with E-state index < -0.39 is 6.04 Å². The van der Waals surface area contributed by atoms with Gasteiger partial charge in [-0.1, -0.05) is 27.5 Å². The van der Waals surface area contributed by atoms with Crippen LogP contribution in [0.1, 0.15) is 17.3 Å². The number of hydrogen-bond acceptors (Lipinski definition) is 7. The first-order chi connectivity index (χ1) is 13.4. The van der Waals surface area contributed by atoms with Crippen LogP contribution in [0.5, 0.6) is 5.75 Å². The number of aromatic nitrogens is 2. The number of aliphatic hydroxyl groups is 1. The van der Waals surface area contributed by atoms with Crippen molar-refractivity contribution < 1.29 is 10.2 Å². The van der Waals surface area contributed by atoms with Crippen LogP contribution in [0.3, 0.4) is 0 Å². The van der Waals surface area contributed by atoms with Crippen molar-refractivity contribution in [2.75, 3.05) is 12.1 Å². The lowest BCUT2D eigenvalue weighted by molar-refractivity contribution is 0.340. The summed E-state index contributed by atoms with van der Waals surface area (Å²) in [5.74, 6) is 0.0776. The van der Waals surface area contributed by atoms with Gasteiger partial charge in [-0.15, -0.1) is 0 Å². The Hall–Kier alpha value is -2.86. The second-order valence-corrected chi connectivity index (χ2v) is 7.58. The number of nitriles is 1. The van der Waals surface area contributed by atoms with Gasteiger partial charge in [0.2, 0.25) is 0 Å². The Morgan fingerprint density at radius 3 is 2.71 bits per heavy atom. The first-order valence-corrected chi connectivity index (χ1v) is 9.35. The number of nitrogens with one attached hydrogen (secondary N) is 1. The lowest BCUT2D eigenvalue weighted by Crippen LogP contribution is -2.38. The second kappa shape index (κ2) is 6.95. The maximum absolute atomic E-state index is 10.9. The number of phenolic OH excluding ortho intramolecular Hbond substituents is 1. The third kappa shape index (κ3) is 3.03. The molecule has 0 radical (unpaired) electrons. The van der Waals surface area contributed by atoms with E-state index in [4.69, 9.17) is 11.6 Å². The largest absolute Gasteiger partial charge is 0.509 e. The second-order valence-electron chi connectivity index (χ2n) is 6.23. The predicted octanol–water partition coefficient (Wildman–Crippen LogP) is 4.24. The summed E-state index contributed by atoms with van der Waals surface area (Å²) in [4.78, 5) is 9.09. The molecule has 0 saturated heterocycles. The summed E-state index contributed by atoms with van der Waals surface area (Å²) in [7, 11) is 1.70. The van der Waals surface area contributed by atoms with Crippen LogP contribution >= 0.6 is 27.5 Å². The van der Waals surface area contributed by atoms with Crippen LogP contribution in [0, 0.1) is 11.3 Å². The summed E-state index contributed by atoms with van der Waals surface area (Å²) in [5.41, 5.74) is 4.76. The zero-order chi connectivity index (χ0) is 20.0. The van der Waals surface area contributed by atoms with Gasteiger partial charge in [0.1, 0.15) is 34.9 Å². The molecule has 0 saturated carbocycles. The van der Waals surface area contributed by atoms with Gasteiger partial charge in [-0.2, -0.15) is 5.26 Å². The van der Waals surface area contributed by atoms with Crippen molar-refractivity contribution in [1.29, 1.82) is 5.26 Å². The Kier molecular flexibility index (Phi) is 4.59. The fraction of sp³-hybridized carbons (Fsp3) is 0.105. The smallest absolute Gasteiger partial charge is 0.170 e. The number of phenols is 1. The van der Waals surface area contributed by atoms with Gasteiger partial charge in [-0.25, -0.2) is 15.4 Å². The van der Waals surface area contributed by atoms with Gasteiger partial charge in [0.25, 0.3) is 0 Å². The van der Waals surface area contributed by atoms with Crippen LogP contribution in [0.2, 0.25) is 5.02 Å². The molecule has 0 spiro atoms. The van der Waals surface area contributed by atoms with E-state index in [1.165, 1.54) is 6.07 Å². The molecule has 3 N–H and O–H groups in total. The summed E-state index contributed by atoms with van der Waals surface area (Å²) in [6.07, 6.45) is 0. The van der Waals surface area contributed by atoms with E-state index in [2.05, 4.69) is 31.3 Å². The highest BCUT2D eigenvalue weighted by Gasteiger charge is 2.32. The number of benzene rings is 2. The number of rotatable bonds is 1. The van der Waals surface area contributed by atoms with Crippen LogP contribution in [0.25, 0.3) is 16.6 Å². The third-order valence-electron chi connectivity index (χ3n) is 4.43. The van der Waals surface area contributed by atoms with E-state index in [0.717, 1.165) is 4.47 Å². The van der Waals surface area contributed by atoms with E-state index in [0.29, 0.717) is 27.4 Å². The molecule has 3 aromatic rings. The zero-order valence-electron chi connectivity index (χ0n) is 14.5. The number of nitrogens with zero attached hydrogens (tertiary/aromatic N) is 4. The Bertz CT molecular complexity index is 1190. The summed E-state index contributed by atoms with van der Waals surface area (Å²) in [6.45, 7) is 0. The Morgan fingerprint density at radius 2 is 1.96 bits per heavy atom. The zero-order valence-corrected chi connectivity index (χ0v) is 16.8. The van der Waals surface area contributed by atoms with Crippen LogP contribution in [-0.4, -0.2) is 27.2 Å². The van der Waals surface area contributed by atoms with Gasteiger partial charge in [0, 0.05) is 22.1 Å². The molecule has 0 fully saturated rings. The minimum atomic E-state index is -0.875. The monoisotopic (exact) mass is 457 g/mol. The highest BCUT2D eigenvalue weighted by Crippen LogP contribution is 2.38. The molecular formula is C19H13BrClN5O2. The molecule has 1 atom stereocenters. The molecule has 1 unspecified atom stereocenters. The minimum absolute atomic E-state index is 0.0262. The lowest BCUT2D eigenvalue weighted by Gasteiger charge is -2.25. The van der Waals surface area contributed by atoms with Gasteiger partial charge in [0.05, 0.1) is 11.0 Å². The van der Waals surface area contributed by atoms with Crippen molar-refractivity contribution in [3.63, 3.8) is 0 Å². The molecule has 7 nitrogen and oxygen atoms in total. The number of aromatic hydroxyl groups is 1. The summed E-state index contributed by atoms with van der Waals surface area (Å²) in [6, 6.07) is 11.1. The van der Waals surface area contributed by atoms with E-state index in [1.54, 1.807) is 42.4 Å². The van der Waals surface area contributed by atoms with E-state index in [-0.39, 0.29) is 22.8 Å². The van der Waals surface area contributed by atoms with Crippen molar-refractivity contribution in [1.82, 2.24) is 15.4 Å². The van der Waals surface area contributed by atoms with Gasteiger partial charge in [-0.3, -0.25) is 5.01 Å². The summed E-state index contributed by atoms with van der Waals surface area (Å²) >= 11 is 9.41. The molecule has 2 heterocycles. The first-order valence-electron chi connectivity index (χ1n) is 8.18. The molecule has 28 heavy (non-hydrogen) atoms. The molecule has 0 aliphatic carbocycles. The highest BCUT2D eigenvalue weighted by atomic mass is 79.9. The topological polar surface area (TPSA) is 105 Å². The van der Waals surface area contributed by atoms with Crippen molar-refractivity contribution in [3.05, 3.63) is 62.9 Å². The number of halogens is 2. The molecule has 0 amide bonds. The first kappa shape index (κ1) is 18.5. The molecule has 9 heteroatoms. The molecule has 0 bridgehead atoms. The van der Waals surface area contributed by atoms with Crippen LogP contribution < -0.4 is 10.4 Å². The molecular weight excluding hydrogens is 446 g/mol. The van der Waals surface area contributed by atoms with Crippen molar-refractivity contribution >= 4 is 50.0 Å². The Balaban J connectivity index is 1.97. The van der Waals surface area contributed by atoms with Gasteiger partial charge in [0.15, 0.2) is 5.82 Å². The number of hydrogen-bond donors (Lipinski definition) is 3. The molecule has 2 aromatic carbocycles. The number of fused-ring (bicyclic) bond motifs is 2. The average Bonchev–Trinajstić information content (AvgIpc) is 2.76. The Labute approximate surface area is 173 Å². The number of anilines is 1.